The molecule has 0 spiro atoms. The van der Waals surface area contributed by atoms with Gasteiger partial charge in [-0.1, -0.05) is 0 Å². The minimum absolute atomic E-state index is 0.704. The number of hydrogen-bond acceptors (Lipinski definition) is 4. The van der Waals surface area contributed by atoms with Gasteiger partial charge in [0.05, 0.1) is 13.2 Å². The Morgan fingerprint density at radius 3 is 2.57 bits per heavy atom. The molecule has 3 aliphatic heterocycles. The van der Waals surface area contributed by atoms with Gasteiger partial charge in [-0.25, -0.2) is 0 Å². The summed E-state index contributed by atoms with van der Waals surface area (Å²) in [5.74, 6) is 0. The lowest BCUT2D eigenvalue weighted by Gasteiger charge is -2.37. The maximum Gasteiger partial charge on any atom is 0.501 e. The predicted octanol–water partition coefficient (Wildman–Crippen LogP) is 0.714. The standard InChI is InChI=1S/C9H19NO3Si/c1-2-11-14-9-3-4-10(5-7-12-14)6-8-13-14/h2-9H2,1H3. The first-order valence-electron chi connectivity index (χ1n) is 5.49. The third-order valence-corrected chi connectivity index (χ3v) is 5.76. The van der Waals surface area contributed by atoms with Crippen LogP contribution in [-0.2, 0) is 13.3 Å². The molecule has 0 aromatic rings. The van der Waals surface area contributed by atoms with Crippen LogP contribution in [0, 0.1) is 0 Å². The topological polar surface area (TPSA) is 30.9 Å². The van der Waals surface area contributed by atoms with E-state index in [1.807, 2.05) is 6.92 Å². The Kier molecular flexibility index (Phi) is 3.56. The summed E-state index contributed by atoms with van der Waals surface area (Å²) in [5.41, 5.74) is 0. The SMILES string of the molecule is CCO[Si]12CCCN(CCO1)CCO2. The number of fused-ring (bicyclic) bond motifs is 6. The average molecular weight is 217 g/mol. The lowest BCUT2D eigenvalue weighted by atomic mass is 10.4. The van der Waals surface area contributed by atoms with Gasteiger partial charge in [0.15, 0.2) is 0 Å². The fourth-order valence-corrected chi connectivity index (χ4v) is 4.60. The van der Waals surface area contributed by atoms with Crippen LogP contribution in [0.1, 0.15) is 13.3 Å². The summed E-state index contributed by atoms with van der Waals surface area (Å²) in [7, 11) is -2.25. The highest BCUT2D eigenvalue weighted by atomic mass is 28.4. The summed E-state index contributed by atoms with van der Waals surface area (Å²) in [5, 5.41) is 0. The Morgan fingerprint density at radius 2 is 1.93 bits per heavy atom. The fraction of sp³-hybridized carbons (Fsp3) is 1.00. The molecule has 3 heterocycles. The summed E-state index contributed by atoms with van der Waals surface area (Å²) < 4.78 is 17.4. The molecule has 3 aliphatic rings. The molecule has 3 rings (SSSR count). The average Bonchev–Trinajstić information content (AvgIpc) is 2.06. The van der Waals surface area contributed by atoms with Crippen LogP contribution in [0.4, 0.5) is 0 Å². The van der Waals surface area contributed by atoms with Gasteiger partial charge in [-0.15, -0.1) is 0 Å². The molecule has 0 saturated carbocycles. The second-order valence-electron chi connectivity index (χ2n) is 3.76. The third-order valence-electron chi connectivity index (χ3n) is 2.78. The highest BCUT2D eigenvalue weighted by Gasteiger charge is 2.42. The molecular formula is C9H19NO3Si. The van der Waals surface area contributed by atoms with Crippen LogP contribution in [0.2, 0.25) is 6.04 Å². The van der Waals surface area contributed by atoms with Gasteiger partial charge in [0.25, 0.3) is 0 Å². The zero-order chi connectivity index (χ0) is 9.86. The molecule has 0 aliphatic carbocycles. The second kappa shape index (κ2) is 4.72. The van der Waals surface area contributed by atoms with Gasteiger partial charge < -0.3 is 13.3 Å². The van der Waals surface area contributed by atoms with Gasteiger partial charge in [0, 0.05) is 25.7 Å². The van der Waals surface area contributed by atoms with E-state index in [0.29, 0.717) is 6.61 Å². The van der Waals surface area contributed by atoms with Gasteiger partial charge in [-0.05, 0) is 19.9 Å². The van der Waals surface area contributed by atoms with Crippen LogP contribution in [0.25, 0.3) is 0 Å². The number of hydrogen-bond donors (Lipinski definition) is 0. The van der Waals surface area contributed by atoms with Gasteiger partial charge >= 0.3 is 8.80 Å². The van der Waals surface area contributed by atoms with Gasteiger partial charge in [0.1, 0.15) is 0 Å². The maximum absolute atomic E-state index is 5.83. The van der Waals surface area contributed by atoms with Crippen molar-refractivity contribution < 1.29 is 13.3 Å². The molecular weight excluding hydrogens is 198 g/mol. The van der Waals surface area contributed by atoms with E-state index >= 15 is 0 Å². The van der Waals surface area contributed by atoms with E-state index in [1.165, 1.54) is 6.54 Å². The molecule has 0 amide bonds. The van der Waals surface area contributed by atoms with E-state index in [1.54, 1.807) is 0 Å². The third kappa shape index (κ3) is 2.35. The first-order chi connectivity index (χ1) is 6.85. The summed E-state index contributed by atoms with van der Waals surface area (Å²) in [6.07, 6.45) is 1.15. The molecule has 14 heavy (non-hydrogen) atoms. The quantitative estimate of drug-likeness (QED) is 0.638. The van der Waals surface area contributed by atoms with E-state index in [2.05, 4.69) is 4.90 Å². The largest absolute Gasteiger partial charge is 0.501 e. The normalized spacial score (nSPS) is 38.8. The minimum atomic E-state index is -2.25. The zero-order valence-corrected chi connectivity index (χ0v) is 9.83. The van der Waals surface area contributed by atoms with Crippen molar-refractivity contribution in [2.24, 2.45) is 0 Å². The summed E-state index contributed by atoms with van der Waals surface area (Å²) >= 11 is 0. The Morgan fingerprint density at radius 1 is 1.21 bits per heavy atom. The Hall–Kier alpha value is 0.0569. The van der Waals surface area contributed by atoms with Gasteiger partial charge in [-0.3, -0.25) is 4.90 Å². The van der Waals surface area contributed by atoms with E-state index in [9.17, 15) is 0 Å². The molecule has 0 radical (unpaired) electrons. The van der Waals surface area contributed by atoms with Crippen molar-refractivity contribution in [3.8, 4) is 0 Å². The molecule has 3 fully saturated rings. The smallest absolute Gasteiger partial charge is 0.374 e. The van der Waals surface area contributed by atoms with E-state index in [-0.39, 0.29) is 0 Å². The van der Waals surface area contributed by atoms with Crippen molar-refractivity contribution in [2.75, 3.05) is 39.5 Å². The first-order valence-corrected chi connectivity index (χ1v) is 7.42. The molecule has 3 saturated heterocycles. The van der Waals surface area contributed by atoms with Crippen molar-refractivity contribution >= 4 is 8.80 Å². The molecule has 0 N–H and O–H groups in total. The Balaban J connectivity index is 2.04. The van der Waals surface area contributed by atoms with Gasteiger partial charge in [-0.2, -0.15) is 0 Å². The van der Waals surface area contributed by atoms with Crippen LogP contribution in [0.15, 0.2) is 0 Å². The molecule has 0 atom stereocenters. The lowest BCUT2D eigenvalue weighted by Crippen LogP contribution is -2.53. The fourth-order valence-electron chi connectivity index (χ4n) is 2.08. The lowest BCUT2D eigenvalue weighted by molar-refractivity contribution is 0.0158. The van der Waals surface area contributed by atoms with Crippen LogP contribution in [-0.4, -0.2) is 53.2 Å². The molecule has 5 heteroatoms. The Labute approximate surface area is 86.5 Å². The minimum Gasteiger partial charge on any atom is -0.374 e. The molecule has 0 unspecified atom stereocenters. The second-order valence-corrected chi connectivity index (χ2v) is 6.49. The summed E-state index contributed by atoms with van der Waals surface area (Å²) in [6.45, 7) is 7.50. The molecule has 0 aromatic carbocycles. The van der Waals surface area contributed by atoms with E-state index < -0.39 is 8.80 Å². The highest BCUT2D eigenvalue weighted by Crippen LogP contribution is 2.22. The summed E-state index contributed by atoms with van der Waals surface area (Å²) in [6, 6.07) is 0.983. The molecule has 4 nitrogen and oxygen atoms in total. The van der Waals surface area contributed by atoms with Crippen molar-refractivity contribution in [3.05, 3.63) is 0 Å². The van der Waals surface area contributed by atoms with E-state index in [4.69, 9.17) is 13.3 Å². The number of nitrogens with zero attached hydrogens (tertiary/aromatic N) is 1. The number of rotatable bonds is 2. The molecule has 2 bridgehead atoms. The zero-order valence-electron chi connectivity index (χ0n) is 8.83. The van der Waals surface area contributed by atoms with E-state index in [0.717, 1.165) is 38.8 Å². The maximum atomic E-state index is 5.83. The van der Waals surface area contributed by atoms with Crippen LogP contribution < -0.4 is 0 Å². The first kappa shape index (κ1) is 10.6. The van der Waals surface area contributed by atoms with Crippen molar-refractivity contribution in [1.29, 1.82) is 0 Å². The van der Waals surface area contributed by atoms with Crippen molar-refractivity contribution in [1.82, 2.24) is 4.90 Å². The van der Waals surface area contributed by atoms with Gasteiger partial charge in [0.2, 0.25) is 0 Å². The van der Waals surface area contributed by atoms with Crippen molar-refractivity contribution in [2.45, 2.75) is 19.4 Å². The van der Waals surface area contributed by atoms with Crippen molar-refractivity contribution in [3.63, 3.8) is 0 Å². The van der Waals surface area contributed by atoms with Crippen LogP contribution in [0.5, 0.6) is 0 Å². The highest BCUT2D eigenvalue weighted by molar-refractivity contribution is 6.60. The Bertz CT molecular complexity index is 164. The van der Waals surface area contributed by atoms with Crippen LogP contribution in [0.3, 0.4) is 0 Å². The monoisotopic (exact) mass is 217 g/mol. The molecule has 0 aromatic heterocycles. The predicted molar refractivity (Wildman–Crippen MR) is 55.1 cm³/mol. The summed E-state index contributed by atoms with van der Waals surface area (Å²) in [4.78, 5) is 2.41. The molecule has 82 valence electrons. The van der Waals surface area contributed by atoms with Crippen LogP contribution >= 0.6 is 0 Å².